The smallest absolute Gasteiger partial charge is 0.271 e. The number of fused-ring (bicyclic) bond motifs is 1. The second-order valence-corrected chi connectivity index (χ2v) is 4.73. The van der Waals surface area contributed by atoms with Gasteiger partial charge in [0.1, 0.15) is 0 Å². The van der Waals surface area contributed by atoms with E-state index in [2.05, 4.69) is 20.6 Å². The van der Waals surface area contributed by atoms with E-state index in [-0.39, 0.29) is 17.8 Å². The fraction of sp³-hybridized carbons (Fsp3) is 0.417. The molecular weight excluding hydrogens is 262 g/mol. The molecule has 0 saturated carbocycles. The maximum absolute atomic E-state index is 10.7. The van der Waals surface area contributed by atoms with Gasteiger partial charge in [-0.3, -0.25) is 10.1 Å². The maximum Gasteiger partial charge on any atom is 0.271 e. The minimum Gasteiger partial charge on any atom is -0.378 e. The van der Waals surface area contributed by atoms with Crippen LogP contribution >= 0.6 is 0 Å². The first-order valence-electron chi connectivity index (χ1n) is 6.31. The highest BCUT2D eigenvalue weighted by atomic mass is 16.6. The van der Waals surface area contributed by atoms with E-state index in [0.717, 1.165) is 13.1 Å². The summed E-state index contributed by atoms with van der Waals surface area (Å²) < 4.78 is 5.36. The molecule has 1 aliphatic heterocycles. The second kappa shape index (κ2) is 5.06. The predicted octanol–water partition coefficient (Wildman–Crippen LogP) is 0.870. The van der Waals surface area contributed by atoms with Crippen molar-refractivity contribution in [2.24, 2.45) is 0 Å². The Balaban J connectivity index is 1.84. The lowest BCUT2D eigenvalue weighted by molar-refractivity contribution is -0.384. The van der Waals surface area contributed by atoms with Gasteiger partial charge in [-0.15, -0.1) is 0 Å². The molecule has 0 radical (unpaired) electrons. The van der Waals surface area contributed by atoms with Crippen LogP contribution in [0.25, 0.3) is 11.0 Å². The van der Waals surface area contributed by atoms with Crippen molar-refractivity contribution in [3.63, 3.8) is 0 Å². The standard InChI is InChI=1S/C12H15N5O3/c1-20-11-6-13-5-10(11)16-12-14-8-3-2-7(17(18)19)4-9(8)15-12/h2-4,10-11,13H,5-6H2,1H3,(H2,14,15,16)/t10?,11-/m0/s1. The van der Waals surface area contributed by atoms with Crippen LogP contribution in [0.2, 0.25) is 0 Å². The molecule has 1 aliphatic rings. The molecule has 8 nitrogen and oxygen atoms in total. The highest BCUT2D eigenvalue weighted by molar-refractivity contribution is 5.79. The van der Waals surface area contributed by atoms with Crippen molar-refractivity contribution in [2.45, 2.75) is 12.1 Å². The van der Waals surface area contributed by atoms with Crippen LogP contribution in [0.15, 0.2) is 18.2 Å². The quantitative estimate of drug-likeness (QED) is 0.565. The van der Waals surface area contributed by atoms with Crippen molar-refractivity contribution in [1.29, 1.82) is 0 Å². The van der Waals surface area contributed by atoms with Crippen LogP contribution < -0.4 is 10.6 Å². The second-order valence-electron chi connectivity index (χ2n) is 4.73. The molecule has 3 rings (SSSR count). The number of aromatic nitrogens is 2. The van der Waals surface area contributed by atoms with Crippen molar-refractivity contribution in [3.8, 4) is 0 Å². The molecule has 2 atom stereocenters. The van der Waals surface area contributed by atoms with E-state index >= 15 is 0 Å². The Hall–Kier alpha value is -2.19. The van der Waals surface area contributed by atoms with E-state index < -0.39 is 4.92 Å². The highest BCUT2D eigenvalue weighted by Crippen LogP contribution is 2.21. The van der Waals surface area contributed by atoms with Crippen molar-refractivity contribution in [1.82, 2.24) is 15.3 Å². The van der Waals surface area contributed by atoms with Gasteiger partial charge >= 0.3 is 0 Å². The first kappa shape index (κ1) is 12.8. The number of nitro groups is 1. The summed E-state index contributed by atoms with van der Waals surface area (Å²) in [5.41, 5.74) is 1.38. The number of aromatic amines is 1. The zero-order chi connectivity index (χ0) is 14.1. The summed E-state index contributed by atoms with van der Waals surface area (Å²) in [6, 6.07) is 4.68. The fourth-order valence-corrected chi connectivity index (χ4v) is 2.40. The first-order valence-corrected chi connectivity index (χ1v) is 6.31. The Kier molecular flexibility index (Phi) is 3.25. The van der Waals surface area contributed by atoms with Crippen LogP contribution in [0.3, 0.4) is 0 Å². The lowest BCUT2D eigenvalue weighted by atomic mass is 10.2. The Bertz CT molecular complexity index is 641. The molecule has 1 aromatic carbocycles. The highest BCUT2D eigenvalue weighted by Gasteiger charge is 2.27. The van der Waals surface area contributed by atoms with Gasteiger partial charge in [-0.05, 0) is 6.07 Å². The number of benzene rings is 1. The predicted molar refractivity (Wildman–Crippen MR) is 73.8 cm³/mol. The van der Waals surface area contributed by atoms with E-state index in [0.29, 0.717) is 17.0 Å². The average molecular weight is 277 g/mol. The van der Waals surface area contributed by atoms with Gasteiger partial charge < -0.3 is 20.4 Å². The summed E-state index contributed by atoms with van der Waals surface area (Å²) in [7, 11) is 1.67. The van der Waals surface area contributed by atoms with Crippen LogP contribution in [0.5, 0.6) is 0 Å². The number of ether oxygens (including phenoxy) is 1. The Morgan fingerprint density at radius 1 is 1.50 bits per heavy atom. The van der Waals surface area contributed by atoms with Gasteiger partial charge in [0.15, 0.2) is 0 Å². The number of rotatable bonds is 4. The molecule has 1 aromatic heterocycles. The lowest BCUT2D eigenvalue weighted by Gasteiger charge is -2.17. The molecule has 20 heavy (non-hydrogen) atoms. The van der Waals surface area contributed by atoms with E-state index in [1.165, 1.54) is 12.1 Å². The summed E-state index contributed by atoms with van der Waals surface area (Å²) in [6.45, 7) is 1.58. The van der Waals surface area contributed by atoms with Crippen LogP contribution in [0.4, 0.5) is 11.6 Å². The van der Waals surface area contributed by atoms with Crippen LogP contribution in [0, 0.1) is 10.1 Å². The van der Waals surface area contributed by atoms with Gasteiger partial charge in [-0.25, -0.2) is 4.98 Å². The Labute approximate surface area is 114 Å². The van der Waals surface area contributed by atoms with Gasteiger partial charge in [0, 0.05) is 32.3 Å². The molecule has 2 aromatic rings. The molecule has 2 heterocycles. The molecule has 106 valence electrons. The number of anilines is 1. The minimum atomic E-state index is -0.421. The third-order valence-corrected chi connectivity index (χ3v) is 3.46. The van der Waals surface area contributed by atoms with E-state index in [1.807, 2.05) is 0 Å². The lowest BCUT2D eigenvalue weighted by Crippen LogP contribution is -2.33. The number of methoxy groups -OCH3 is 1. The SMILES string of the molecule is CO[C@H]1CNCC1Nc1nc2ccc([N+](=O)[O-])cc2[nH]1. The third kappa shape index (κ3) is 2.30. The normalized spacial score (nSPS) is 22.2. The Morgan fingerprint density at radius 2 is 2.35 bits per heavy atom. The van der Waals surface area contributed by atoms with Crippen molar-refractivity contribution in [2.75, 3.05) is 25.5 Å². The van der Waals surface area contributed by atoms with Crippen LogP contribution in [-0.2, 0) is 4.74 Å². The van der Waals surface area contributed by atoms with E-state index in [9.17, 15) is 10.1 Å². The molecule has 1 unspecified atom stereocenters. The van der Waals surface area contributed by atoms with Gasteiger partial charge in [0.05, 0.1) is 28.1 Å². The van der Waals surface area contributed by atoms with Gasteiger partial charge in [-0.2, -0.15) is 0 Å². The zero-order valence-electron chi connectivity index (χ0n) is 10.9. The zero-order valence-corrected chi connectivity index (χ0v) is 10.9. The van der Waals surface area contributed by atoms with E-state index in [4.69, 9.17) is 4.74 Å². The number of nitrogens with zero attached hydrogens (tertiary/aromatic N) is 2. The van der Waals surface area contributed by atoms with Crippen molar-refractivity contribution < 1.29 is 9.66 Å². The molecule has 0 amide bonds. The molecule has 1 fully saturated rings. The first-order chi connectivity index (χ1) is 9.67. The number of nitro benzene ring substituents is 1. The largest absolute Gasteiger partial charge is 0.378 e. The molecular formula is C12H15N5O3. The van der Waals surface area contributed by atoms with Gasteiger partial charge in [0.25, 0.3) is 5.69 Å². The fourth-order valence-electron chi connectivity index (χ4n) is 2.40. The summed E-state index contributed by atoms with van der Waals surface area (Å²) >= 11 is 0. The molecule has 0 aliphatic carbocycles. The number of imidazole rings is 1. The third-order valence-electron chi connectivity index (χ3n) is 3.46. The summed E-state index contributed by atoms with van der Waals surface area (Å²) in [6.07, 6.45) is 0.0811. The van der Waals surface area contributed by atoms with Crippen molar-refractivity contribution in [3.05, 3.63) is 28.3 Å². The van der Waals surface area contributed by atoms with Gasteiger partial charge in [-0.1, -0.05) is 0 Å². The van der Waals surface area contributed by atoms with Gasteiger partial charge in [0.2, 0.25) is 5.95 Å². The monoisotopic (exact) mass is 277 g/mol. The maximum atomic E-state index is 10.7. The summed E-state index contributed by atoms with van der Waals surface area (Å²) in [5, 5.41) is 17.2. The summed E-state index contributed by atoms with van der Waals surface area (Å²) in [4.78, 5) is 17.7. The molecule has 1 saturated heterocycles. The summed E-state index contributed by atoms with van der Waals surface area (Å²) in [5.74, 6) is 0.594. The number of hydrogen-bond acceptors (Lipinski definition) is 6. The average Bonchev–Trinajstić information content (AvgIpc) is 3.03. The van der Waals surface area contributed by atoms with Crippen LogP contribution in [0.1, 0.15) is 0 Å². The molecule has 0 spiro atoms. The van der Waals surface area contributed by atoms with Crippen LogP contribution in [-0.4, -0.2) is 47.2 Å². The molecule has 3 N–H and O–H groups in total. The Morgan fingerprint density at radius 3 is 3.10 bits per heavy atom. The number of hydrogen-bond donors (Lipinski definition) is 3. The van der Waals surface area contributed by atoms with E-state index in [1.54, 1.807) is 13.2 Å². The topological polar surface area (TPSA) is 105 Å². The minimum absolute atomic E-state index is 0.0463. The number of nitrogens with one attached hydrogen (secondary N) is 3. The molecule has 8 heteroatoms. The molecule has 0 bridgehead atoms. The number of non-ortho nitro benzene ring substituents is 1. The number of H-pyrrole nitrogens is 1. The van der Waals surface area contributed by atoms with Crippen molar-refractivity contribution >= 4 is 22.7 Å².